The third-order valence-corrected chi connectivity index (χ3v) is 6.61. The Kier molecular flexibility index (Phi) is 8.12. The molecule has 2 unspecified atom stereocenters. The van der Waals surface area contributed by atoms with Crippen LogP contribution in [0.3, 0.4) is 0 Å². The van der Waals surface area contributed by atoms with Gasteiger partial charge in [-0.15, -0.1) is 0 Å². The smallest absolute Gasteiger partial charge is 0.411 e. The molecular weight excluding hydrogens is 558 g/mol. The van der Waals surface area contributed by atoms with Gasteiger partial charge in [-0.1, -0.05) is 0 Å². The Bertz CT molecular complexity index is 1340. The van der Waals surface area contributed by atoms with Gasteiger partial charge in [0.1, 0.15) is 45.2 Å². The minimum absolute atomic E-state index is 0.0409. The number of hydrogen-bond acceptors (Lipinski definition) is 9. The quantitative estimate of drug-likeness (QED) is 0.428. The fraction of sp³-hybridized carbons (Fsp3) is 0.462. The topological polar surface area (TPSA) is 117 Å². The van der Waals surface area contributed by atoms with Gasteiger partial charge in [0.05, 0.1) is 27.4 Å². The van der Waals surface area contributed by atoms with E-state index in [0.717, 1.165) is 5.56 Å². The standard InChI is InChI=1S/C26H32BrN5O6/c1-15(33)18-14-37-20(13-32(18)25(34)38-26(2,3)4)24-30-22(27)21-23(28-9-10-31(21)24)29-12-16-7-8-17(35-5)11-19(16)36-6/h7-11,18,20H,12-14H2,1-6H3,(H,28,29). The number of benzene rings is 1. The van der Waals surface area contributed by atoms with Gasteiger partial charge in [-0.25, -0.2) is 14.8 Å². The molecular formula is C26H32BrN5O6. The van der Waals surface area contributed by atoms with Gasteiger partial charge in [0.2, 0.25) is 0 Å². The Morgan fingerprint density at radius 3 is 2.66 bits per heavy atom. The van der Waals surface area contributed by atoms with Crippen molar-refractivity contribution >= 4 is 39.1 Å². The largest absolute Gasteiger partial charge is 0.497 e. The molecule has 0 saturated carbocycles. The van der Waals surface area contributed by atoms with Gasteiger partial charge in [0.25, 0.3) is 0 Å². The number of aromatic nitrogens is 3. The first kappa shape index (κ1) is 27.6. The summed E-state index contributed by atoms with van der Waals surface area (Å²) in [4.78, 5) is 35.9. The molecule has 38 heavy (non-hydrogen) atoms. The Morgan fingerprint density at radius 1 is 1.24 bits per heavy atom. The number of ketones is 1. The van der Waals surface area contributed by atoms with Crippen molar-refractivity contribution < 1.29 is 28.5 Å². The molecule has 0 spiro atoms. The highest BCUT2D eigenvalue weighted by Gasteiger charge is 2.39. The van der Waals surface area contributed by atoms with E-state index in [2.05, 4.69) is 26.2 Å². The molecule has 2 atom stereocenters. The van der Waals surface area contributed by atoms with Gasteiger partial charge in [-0.05, 0) is 55.8 Å². The number of nitrogens with one attached hydrogen (secondary N) is 1. The molecule has 0 aliphatic carbocycles. The minimum atomic E-state index is -0.728. The second-order valence-corrected chi connectivity index (χ2v) is 10.6. The maximum absolute atomic E-state index is 13.0. The molecule has 1 amide bonds. The van der Waals surface area contributed by atoms with Crippen LogP contribution in [0.4, 0.5) is 10.6 Å². The van der Waals surface area contributed by atoms with E-state index in [1.165, 1.54) is 11.8 Å². The molecule has 0 bridgehead atoms. The van der Waals surface area contributed by atoms with Crippen LogP contribution < -0.4 is 14.8 Å². The average molecular weight is 590 g/mol. The molecule has 3 heterocycles. The van der Waals surface area contributed by atoms with Gasteiger partial charge in [0, 0.05) is 30.6 Å². The van der Waals surface area contributed by atoms with Crippen LogP contribution in [0.15, 0.2) is 35.2 Å². The molecule has 12 heteroatoms. The van der Waals surface area contributed by atoms with Crippen molar-refractivity contribution in [2.75, 3.05) is 32.7 Å². The first-order valence-corrected chi connectivity index (χ1v) is 12.9. The zero-order valence-corrected chi connectivity index (χ0v) is 23.9. The van der Waals surface area contributed by atoms with E-state index in [0.29, 0.717) is 39.8 Å². The second-order valence-electron chi connectivity index (χ2n) is 9.87. The number of carbonyl (C=O) groups excluding carboxylic acids is 2. The molecule has 1 fully saturated rings. The summed E-state index contributed by atoms with van der Waals surface area (Å²) in [5.41, 5.74) is 0.927. The summed E-state index contributed by atoms with van der Waals surface area (Å²) in [6.07, 6.45) is 2.28. The lowest BCUT2D eigenvalue weighted by atomic mass is 10.1. The molecule has 3 aromatic rings. The van der Waals surface area contributed by atoms with Gasteiger partial charge in [-0.2, -0.15) is 0 Å². The van der Waals surface area contributed by atoms with E-state index >= 15 is 0 Å². The number of rotatable bonds is 7. The predicted octanol–water partition coefficient (Wildman–Crippen LogP) is 4.39. The molecule has 1 aromatic carbocycles. The summed E-state index contributed by atoms with van der Waals surface area (Å²) in [7, 11) is 3.22. The highest BCUT2D eigenvalue weighted by Crippen LogP contribution is 2.33. The maximum Gasteiger partial charge on any atom is 0.411 e. The van der Waals surface area contributed by atoms with Crippen molar-refractivity contribution in [3.63, 3.8) is 0 Å². The van der Waals surface area contributed by atoms with Gasteiger partial charge >= 0.3 is 6.09 Å². The van der Waals surface area contributed by atoms with E-state index in [-0.39, 0.29) is 18.9 Å². The van der Waals surface area contributed by atoms with Crippen molar-refractivity contribution in [1.29, 1.82) is 0 Å². The highest BCUT2D eigenvalue weighted by atomic mass is 79.9. The number of nitrogens with zero attached hydrogens (tertiary/aromatic N) is 4. The third kappa shape index (κ3) is 5.86. The van der Waals surface area contributed by atoms with E-state index in [1.54, 1.807) is 47.4 Å². The number of ether oxygens (including phenoxy) is 4. The monoisotopic (exact) mass is 589 g/mol. The average Bonchev–Trinajstić information content (AvgIpc) is 3.22. The number of fused-ring (bicyclic) bond motifs is 1. The Balaban J connectivity index is 1.61. The summed E-state index contributed by atoms with van der Waals surface area (Å²) in [6, 6.07) is 4.89. The number of anilines is 1. The van der Waals surface area contributed by atoms with Crippen LogP contribution in [0.5, 0.6) is 11.5 Å². The van der Waals surface area contributed by atoms with E-state index in [1.807, 2.05) is 22.6 Å². The molecule has 204 valence electrons. The fourth-order valence-electron chi connectivity index (χ4n) is 4.22. The Hall–Kier alpha value is -3.38. The van der Waals surface area contributed by atoms with Crippen molar-refractivity contribution in [2.24, 2.45) is 0 Å². The van der Waals surface area contributed by atoms with Gasteiger partial charge in [-0.3, -0.25) is 14.1 Å². The lowest BCUT2D eigenvalue weighted by Gasteiger charge is -2.38. The van der Waals surface area contributed by atoms with Crippen LogP contribution in [-0.2, 0) is 20.8 Å². The SMILES string of the molecule is COc1ccc(CNc2nccn3c(C4CN(C(=O)OC(C)(C)C)C(C(C)=O)CO4)nc(Br)c23)c(OC)c1. The van der Waals surface area contributed by atoms with Crippen molar-refractivity contribution in [2.45, 2.75) is 52.0 Å². The molecule has 1 saturated heterocycles. The lowest BCUT2D eigenvalue weighted by Crippen LogP contribution is -2.54. The normalized spacial score (nSPS) is 17.8. The number of methoxy groups -OCH3 is 2. The minimum Gasteiger partial charge on any atom is -0.497 e. The van der Waals surface area contributed by atoms with Crippen LogP contribution in [0.25, 0.3) is 5.52 Å². The summed E-state index contributed by atoms with van der Waals surface area (Å²) in [6.45, 7) is 7.39. The van der Waals surface area contributed by atoms with E-state index in [9.17, 15) is 9.59 Å². The third-order valence-electron chi connectivity index (χ3n) is 6.06. The molecule has 11 nitrogen and oxygen atoms in total. The van der Waals surface area contributed by atoms with Crippen LogP contribution in [0.1, 0.15) is 45.2 Å². The molecule has 1 aliphatic heterocycles. The predicted molar refractivity (Wildman–Crippen MR) is 144 cm³/mol. The zero-order chi connectivity index (χ0) is 27.6. The number of carbonyl (C=O) groups is 2. The number of imidazole rings is 1. The van der Waals surface area contributed by atoms with Crippen molar-refractivity contribution in [3.8, 4) is 11.5 Å². The summed E-state index contributed by atoms with van der Waals surface area (Å²) < 4.78 is 24.8. The van der Waals surface area contributed by atoms with Gasteiger partial charge < -0.3 is 24.3 Å². The number of hydrogen-bond donors (Lipinski definition) is 1. The van der Waals surface area contributed by atoms with Crippen LogP contribution in [0, 0.1) is 0 Å². The van der Waals surface area contributed by atoms with Crippen molar-refractivity contribution in [3.05, 3.63) is 46.6 Å². The summed E-state index contributed by atoms with van der Waals surface area (Å²) >= 11 is 3.56. The van der Waals surface area contributed by atoms with E-state index in [4.69, 9.17) is 23.9 Å². The number of halogens is 1. The Labute approximate surface area is 229 Å². The lowest BCUT2D eigenvalue weighted by molar-refractivity contribution is -0.133. The maximum atomic E-state index is 13.0. The Morgan fingerprint density at radius 2 is 2.00 bits per heavy atom. The molecule has 4 rings (SSSR count). The van der Waals surface area contributed by atoms with Crippen LogP contribution >= 0.6 is 15.9 Å². The van der Waals surface area contributed by atoms with Crippen LogP contribution in [0.2, 0.25) is 0 Å². The van der Waals surface area contributed by atoms with Crippen LogP contribution in [-0.4, -0.2) is 70.2 Å². The number of Topliss-reactive ketones (excluding diaryl/α,β-unsaturated/α-hetero) is 1. The van der Waals surface area contributed by atoms with Crippen molar-refractivity contribution in [1.82, 2.24) is 19.3 Å². The number of morpholine rings is 1. The van der Waals surface area contributed by atoms with E-state index < -0.39 is 23.8 Å². The highest BCUT2D eigenvalue weighted by molar-refractivity contribution is 9.10. The second kappa shape index (κ2) is 11.2. The first-order chi connectivity index (χ1) is 18.0. The molecule has 2 aromatic heterocycles. The molecule has 0 radical (unpaired) electrons. The summed E-state index contributed by atoms with van der Waals surface area (Å²) in [5.74, 6) is 2.38. The molecule has 1 N–H and O–H groups in total. The summed E-state index contributed by atoms with van der Waals surface area (Å²) in [5, 5.41) is 3.36. The molecule has 1 aliphatic rings. The fourth-order valence-corrected chi connectivity index (χ4v) is 4.78. The number of amides is 1. The zero-order valence-electron chi connectivity index (χ0n) is 22.3. The van der Waals surface area contributed by atoms with Gasteiger partial charge in [0.15, 0.2) is 11.6 Å². The first-order valence-electron chi connectivity index (χ1n) is 12.1.